The molecule has 0 aliphatic rings. The molecule has 0 fully saturated rings. The number of hydrogen-bond acceptors (Lipinski definition) is 3. The lowest BCUT2D eigenvalue weighted by Crippen LogP contribution is -2.03. The Morgan fingerprint density at radius 3 is 2.86 bits per heavy atom. The van der Waals surface area contributed by atoms with Gasteiger partial charge in [0.25, 0.3) is 6.01 Å². The van der Waals surface area contributed by atoms with Gasteiger partial charge in [-0.3, -0.25) is 0 Å². The fourth-order valence-electron chi connectivity index (χ4n) is 1.16. The summed E-state index contributed by atoms with van der Waals surface area (Å²) in [5.41, 5.74) is -0.607. The minimum Gasteiger partial charge on any atom is -0.464 e. The number of aromatic nitrogens is 1. The van der Waals surface area contributed by atoms with Gasteiger partial charge in [0.05, 0.1) is 12.6 Å². The molecule has 2 aromatic rings. The molecule has 0 aliphatic heterocycles. The summed E-state index contributed by atoms with van der Waals surface area (Å²) in [5.74, 6) is -1.81. The van der Waals surface area contributed by atoms with Gasteiger partial charge >= 0.3 is 5.97 Å². The number of furan rings is 1. The summed E-state index contributed by atoms with van der Waals surface area (Å²) in [7, 11) is 1.12. The van der Waals surface area contributed by atoms with Gasteiger partial charge in [-0.15, -0.1) is 0 Å². The zero-order valence-electron chi connectivity index (χ0n) is 7.06. The molecule has 0 spiro atoms. The highest BCUT2D eigenvalue weighted by atomic mass is 19.1. The van der Waals surface area contributed by atoms with Gasteiger partial charge in [-0.2, -0.15) is 4.39 Å². The highest BCUT2D eigenvalue weighted by molar-refractivity contribution is 5.93. The third-order valence-electron chi connectivity index (χ3n) is 1.77. The van der Waals surface area contributed by atoms with Gasteiger partial charge in [0.2, 0.25) is 0 Å². The molecule has 14 heavy (non-hydrogen) atoms. The topological polar surface area (TPSA) is 55.2 Å². The van der Waals surface area contributed by atoms with E-state index in [0.29, 0.717) is 0 Å². The second-order valence-corrected chi connectivity index (χ2v) is 2.60. The molecule has 74 valence electrons. The average Bonchev–Trinajstić information content (AvgIpc) is 2.64. The van der Waals surface area contributed by atoms with Crippen molar-refractivity contribution >= 4 is 17.1 Å². The monoisotopic (exact) mass is 201 g/mol. The molecule has 0 aliphatic carbocycles. The van der Waals surface area contributed by atoms with E-state index in [4.69, 9.17) is 0 Å². The minimum atomic E-state index is -0.948. The Labute approximate surface area is 76.5 Å². The molecular formula is C8H5F2NO3. The number of halogens is 2. The van der Waals surface area contributed by atoms with Crippen LogP contribution in [0.4, 0.5) is 8.78 Å². The SMILES string of the molecule is COC(=O)c1[nH]c2cc(F)oc2c1F. The van der Waals surface area contributed by atoms with Crippen molar-refractivity contribution in [2.75, 3.05) is 7.11 Å². The summed E-state index contributed by atoms with van der Waals surface area (Å²) >= 11 is 0. The number of hydrogen-bond donors (Lipinski definition) is 1. The van der Waals surface area contributed by atoms with E-state index in [2.05, 4.69) is 14.1 Å². The summed E-state index contributed by atoms with van der Waals surface area (Å²) in [6, 6.07) is 0.0340. The molecule has 0 amide bonds. The number of methoxy groups -OCH3 is 1. The standard InChI is InChI=1S/C8H5F2NO3/c1-13-8(12)6-5(10)7-3(11-6)2-4(9)14-7/h2,11H,1H3. The van der Waals surface area contributed by atoms with E-state index < -0.39 is 17.8 Å². The largest absolute Gasteiger partial charge is 0.464 e. The number of fused-ring (bicyclic) bond motifs is 1. The predicted octanol–water partition coefficient (Wildman–Crippen LogP) is 1.83. The first-order valence-corrected chi connectivity index (χ1v) is 3.68. The van der Waals surface area contributed by atoms with Crippen molar-refractivity contribution < 1.29 is 22.7 Å². The third-order valence-corrected chi connectivity index (χ3v) is 1.77. The van der Waals surface area contributed by atoms with Gasteiger partial charge in [0.15, 0.2) is 17.1 Å². The Morgan fingerprint density at radius 1 is 1.57 bits per heavy atom. The number of ether oxygens (including phenoxy) is 1. The Morgan fingerprint density at radius 2 is 2.29 bits per heavy atom. The summed E-state index contributed by atoms with van der Waals surface area (Å²) < 4.78 is 34.5. The van der Waals surface area contributed by atoms with Gasteiger partial charge in [0.1, 0.15) is 0 Å². The molecule has 1 N–H and O–H groups in total. The molecule has 2 aromatic heterocycles. The molecular weight excluding hydrogens is 196 g/mol. The van der Waals surface area contributed by atoms with Crippen molar-refractivity contribution in [1.29, 1.82) is 0 Å². The molecule has 0 aromatic carbocycles. The number of H-pyrrole nitrogens is 1. The zero-order chi connectivity index (χ0) is 10.3. The summed E-state index contributed by atoms with van der Waals surface area (Å²) in [5, 5.41) is 0. The first-order valence-electron chi connectivity index (χ1n) is 3.68. The van der Waals surface area contributed by atoms with Crippen molar-refractivity contribution in [2.24, 2.45) is 0 Å². The number of aromatic amines is 1. The highest BCUT2D eigenvalue weighted by Crippen LogP contribution is 2.23. The molecule has 2 rings (SSSR count). The Kier molecular flexibility index (Phi) is 1.77. The maximum Gasteiger partial charge on any atom is 0.357 e. The molecule has 6 heteroatoms. The van der Waals surface area contributed by atoms with Crippen molar-refractivity contribution in [3.8, 4) is 0 Å². The van der Waals surface area contributed by atoms with E-state index in [1.165, 1.54) is 0 Å². The van der Waals surface area contributed by atoms with E-state index in [-0.39, 0.29) is 16.8 Å². The first kappa shape index (κ1) is 8.74. The lowest BCUT2D eigenvalue weighted by molar-refractivity contribution is 0.0589. The van der Waals surface area contributed by atoms with Crippen molar-refractivity contribution in [3.05, 3.63) is 23.6 Å². The second-order valence-electron chi connectivity index (χ2n) is 2.60. The fraction of sp³-hybridized carbons (Fsp3) is 0.125. The maximum atomic E-state index is 13.3. The molecule has 4 nitrogen and oxygen atoms in total. The smallest absolute Gasteiger partial charge is 0.357 e. The van der Waals surface area contributed by atoms with E-state index in [1.807, 2.05) is 0 Å². The Balaban J connectivity index is 2.64. The van der Waals surface area contributed by atoms with Crippen LogP contribution in [0.1, 0.15) is 10.5 Å². The lowest BCUT2D eigenvalue weighted by atomic mass is 10.4. The van der Waals surface area contributed by atoms with Gasteiger partial charge in [0, 0.05) is 6.07 Å². The molecule has 0 saturated heterocycles. The van der Waals surface area contributed by atoms with Gasteiger partial charge < -0.3 is 14.1 Å². The molecule has 0 unspecified atom stereocenters. The predicted molar refractivity (Wildman–Crippen MR) is 41.8 cm³/mol. The van der Waals surface area contributed by atoms with Crippen LogP contribution in [0.25, 0.3) is 11.1 Å². The summed E-state index contributed by atoms with van der Waals surface area (Å²) in [6.45, 7) is 0. The van der Waals surface area contributed by atoms with Crippen LogP contribution < -0.4 is 0 Å². The van der Waals surface area contributed by atoms with Crippen LogP contribution in [-0.2, 0) is 4.74 Å². The van der Waals surface area contributed by atoms with Crippen LogP contribution in [-0.4, -0.2) is 18.1 Å². The second kappa shape index (κ2) is 2.83. The zero-order valence-corrected chi connectivity index (χ0v) is 7.06. The minimum absolute atomic E-state index is 0.0837. The van der Waals surface area contributed by atoms with E-state index in [1.54, 1.807) is 0 Å². The first-order chi connectivity index (χ1) is 6.63. The normalized spacial score (nSPS) is 10.8. The van der Waals surface area contributed by atoms with Gasteiger partial charge in [-0.25, -0.2) is 9.18 Å². The lowest BCUT2D eigenvalue weighted by Gasteiger charge is -1.93. The maximum absolute atomic E-state index is 13.3. The molecule has 0 bridgehead atoms. The number of carbonyl (C=O) groups is 1. The number of rotatable bonds is 1. The van der Waals surface area contributed by atoms with Gasteiger partial charge in [-0.1, -0.05) is 0 Å². The molecule has 0 radical (unpaired) electrons. The van der Waals surface area contributed by atoms with Crippen LogP contribution in [0.5, 0.6) is 0 Å². The molecule has 2 heterocycles. The average molecular weight is 201 g/mol. The molecule has 0 saturated carbocycles. The van der Waals surface area contributed by atoms with Crippen LogP contribution in [0.15, 0.2) is 10.5 Å². The summed E-state index contributed by atoms with van der Waals surface area (Å²) in [6.07, 6.45) is 0. The van der Waals surface area contributed by atoms with Crippen molar-refractivity contribution in [2.45, 2.75) is 0 Å². The van der Waals surface area contributed by atoms with Crippen LogP contribution in [0, 0.1) is 11.8 Å². The quantitative estimate of drug-likeness (QED) is 0.716. The number of carbonyl (C=O) groups excluding carboxylic acids is 1. The molecule has 0 atom stereocenters. The van der Waals surface area contributed by atoms with Crippen LogP contribution in [0.2, 0.25) is 0 Å². The van der Waals surface area contributed by atoms with E-state index >= 15 is 0 Å². The number of nitrogens with one attached hydrogen (secondary N) is 1. The van der Waals surface area contributed by atoms with Crippen molar-refractivity contribution in [3.63, 3.8) is 0 Å². The van der Waals surface area contributed by atoms with Crippen molar-refractivity contribution in [1.82, 2.24) is 4.98 Å². The Bertz CT molecular complexity index is 500. The van der Waals surface area contributed by atoms with Crippen LogP contribution in [0.3, 0.4) is 0 Å². The third kappa shape index (κ3) is 1.07. The Hall–Kier alpha value is -1.85. The van der Waals surface area contributed by atoms with E-state index in [9.17, 15) is 13.6 Å². The highest BCUT2D eigenvalue weighted by Gasteiger charge is 2.21. The van der Waals surface area contributed by atoms with Crippen LogP contribution >= 0.6 is 0 Å². The fourth-order valence-corrected chi connectivity index (χ4v) is 1.16. The number of esters is 1. The van der Waals surface area contributed by atoms with Gasteiger partial charge in [-0.05, 0) is 0 Å². The van der Waals surface area contributed by atoms with E-state index in [0.717, 1.165) is 13.2 Å². The summed E-state index contributed by atoms with van der Waals surface area (Å²) in [4.78, 5) is 13.3.